The Morgan fingerprint density at radius 1 is 1.29 bits per heavy atom. The first kappa shape index (κ1) is 14.5. The van der Waals surface area contributed by atoms with Crippen LogP contribution in [-0.2, 0) is 9.53 Å². The summed E-state index contributed by atoms with van der Waals surface area (Å²) in [5.41, 5.74) is 5.44. The van der Waals surface area contributed by atoms with Crippen molar-refractivity contribution in [2.75, 3.05) is 0 Å². The van der Waals surface area contributed by atoms with Gasteiger partial charge in [0.05, 0.1) is 0 Å². The fourth-order valence-electron chi connectivity index (χ4n) is 2.39. The minimum Gasteiger partial charge on any atom is -0.459 e. The summed E-state index contributed by atoms with van der Waals surface area (Å²) in [5.74, 6) is 0.519. The average Bonchev–Trinajstić information content (AvgIpc) is 2.25. The predicted octanol–water partition coefficient (Wildman–Crippen LogP) is 3.02. The van der Waals surface area contributed by atoms with Crippen LogP contribution in [0.25, 0.3) is 0 Å². The van der Waals surface area contributed by atoms with Crippen LogP contribution in [0.4, 0.5) is 0 Å². The van der Waals surface area contributed by atoms with E-state index in [-0.39, 0.29) is 5.97 Å². The topological polar surface area (TPSA) is 52.3 Å². The minimum atomic E-state index is -0.448. The Labute approximate surface area is 105 Å². The summed E-state index contributed by atoms with van der Waals surface area (Å²) in [4.78, 5) is 11.7. The summed E-state index contributed by atoms with van der Waals surface area (Å²) in [6.45, 7) is 5.62. The highest BCUT2D eigenvalue weighted by atomic mass is 16.6. The maximum Gasteiger partial charge on any atom is 0.323 e. The summed E-state index contributed by atoms with van der Waals surface area (Å²) in [7, 11) is 0. The van der Waals surface area contributed by atoms with E-state index in [0.717, 1.165) is 18.8 Å². The van der Waals surface area contributed by atoms with Gasteiger partial charge in [0, 0.05) is 0 Å². The van der Waals surface area contributed by atoms with Gasteiger partial charge in [0.25, 0.3) is 0 Å². The third-order valence-corrected chi connectivity index (χ3v) is 3.32. The fourth-order valence-corrected chi connectivity index (χ4v) is 2.39. The van der Waals surface area contributed by atoms with Gasteiger partial charge < -0.3 is 10.5 Å². The van der Waals surface area contributed by atoms with Gasteiger partial charge in [-0.25, -0.2) is 0 Å². The van der Waals surface area contributed by atoms with Gasteiger partial charge in [-0.2, -0.15) is 0 Å². The highest BCUT2D eigenvalue weighted by Gasteiger charge is 2.23. The van der Waals surface area contributed by atoms with Crippen molar-refractivity contribution in [3.63, 3.8) is 0 Å². The van der Waals surface area contributed by atoms with Crippen LogP contribution < -0.4 is 5.73 Å². The van der Waals surface area contributed by atoms with Crippen LogP contribution in [0.5, 0.6) is 0 Å². The number of rotatable bonds is 4. The standard InChI is InChI=1S/C14H27NO2/c1-14(2,3)17-13(16)12(15)10-9-11-7-5-4-6-8-11/h11-12H,4-10,15H2,1-3H3/t12-/m1/s1. The molecule has 1 aliphatic rings. The number of carbonyl (C=O) groups is 1. The quantitative estimate of drug-likeness (QED) is 0.770. The van der Waals surface area contributed by atoms with Crippen LogP contribution in [0.15, 0.2) is 0 Å². The second-order valence-corrected chi connectivity index (χ2v) is 6.22. The van der Waals surface area contributed by atoms with Crippen molar-refractivity contribution >= 4 is 5.97 Å². The Balaban J connectivity index is 2.23. The van der Waals surface area contributed by atoms with E-state index in [2.05, 4.69) is 0 Å². The van der Waals surface area contributed by atoms with Gasteiger partial charge in [0.1, 0.15) is 11.6 Å². The zero-order chi connectivity index (χ0) is 12.9. The smallest absolute Gasteiger partial charge is 0.323 e. The Morgan fingerprint density at radius 2 is 1.88 bits per heavy atom. The highest BCUT2D eigenvalue weighted by Crippen LogP contribution is 2.27. The van der Waals surface area contributed by atoms with E-state index >= 15 is 0 Å². The molecule has 1 rings (SSSR count). The van der Waals surface area contributed by atoms with Crippen LogP contribution >= 0.6 is 0 Å². The number of nitrogens with two attached hydrogens (primary N) is 1. The molecule has 2 N–H and O–H groups in total. The molecule has 0 heterocycles. The lowest BCUT2D eigenvalue weighted by molar-refractivity contribution is -0.156. The molecular weight excluding hydrogens is 214 g/mol. The second kappa shape index (κ2) is 6.39. The lowest BCUT2D eigenvalue weighted by Crippen LogP contribution is -2.37. The van der Waals surface area contributed by atoms with Gasteiger partial charge in [-0.15, -0.1) is 0 Å². The fraction of sp³-hybridized carbons (Fsp3) is 0.929. The number of hydrogen-bond acceptors (Lipinski definition) is 3. The van der Waals surface area contributed by atoms with E-state index in [4.69, 9.17) is 10.5 Å². The minimum absolute atomic E-state index is 0.256. The molecule has 0 amide bonds. The van der Waals surface area contributed by atoms with Crippen molar-refractivity contribution < 1.29 is 9.53 Å². The molecule has 1 aliphatic carbocycles. The van der Waals surface area contributed by atoms with Crippen molar-refractivity contribution in [2.24, 2.45) is 11.7 Å². The number of ether oxygens (including phenoxy) is 1. The Morgan fingerprint density at radius 3 is 2.41 bits per heavy atom. The van der Waals surface area contributed by atoms with Crippen LogP contribution in [0.3, 0.4) is 0 Å². The number of hydrogen-bond donors (Lipinski definition) is 1. The Hall–Kier alpha value is -0.570. The van der Waals surface area contributed by atoms with Crippen molar-refractivity contribution in [1.82, 2.24) is 0 Å². The highest BCUT2D eigenvalue weighted by molar-refractivity contribution is 5.75. The molecule has 0 bridgehead atoms. The first-order valence-corrected chi connectivity index (χ1v) is 6.87. The second-order valence-electron chi connectivity index (χ2n) is 6.22. The predicted molar refractivity (Wildman–Crippen MR) is 69.6 cm³/mol. The van der Waals surface area contributed by atoms with Crippen molar-refractivity contribution in [3.8, 4) is 0 Å². The summed E-state index contributed by atoms with van der Waals surface area (Å²) in [6, 6.07) is -0.448. The van der Waals surface area contributed by atoms with Crippen molar-refractivity contribution in [1.29, 1.82) is 0 Å². The molecule has 0 aliphatic heterocycles. The van der Waals surface area contributed by atoms with Crippen LogP contribution in [0, 0.1) is 5.92 Å². The van der Waals surface area contributed by atoms with E-state index in [1.807, 2.05) is 20.8 Å². The maximum atomic E-state index is 11.7. The van der Waals surface area contributed by atoms with Crippen molar-refractivity contribution in [2.45, 2.75) is 77.4 Å². The van der Waals surface area contributed by atoms with Gasteiger partial charge in [-0.05, 0) is 39.5 Å². The third-order valence-electron chi connectivity index (χ3n) is 3.32. The molecule has 1 saturated carbocycles. The van der Waals surface area contributed by atoms with Crippen LogP contribution in [-0.4, -0.2) is 17.6 Å². The molecule has 0 saturated heterocycles. The molecule has 0 aromatic rings. The Kier molecular flexibility index (Phi) is 5.44. The maximum absolute atomic E-state index is 11.7. The van der Waals surface area contributed by atoms with Gasteiger partial charge in [-0.1, -0.05) is 32.1 Å². The van der Waals surface area contributed by atoms with E-state index in [1.54, 1.807) is 0 Å². The van der Waals surface area contributed by atoms with Crippen LogP contribution in [0.1, 0.15) is 65.7 Å². The van der Waals surface area contributed by atoms with Gasteiger partial charge in [0.2, 0.25) is 0 Å². The zero-order valence-electron chi connectivity index (χ0n) is 11.5. The zero-order valence-corrected chi connectivity index (χ0v) is 11.5. The first-order valence-electron chi connectivity index (χ1n) is 6.87. The molecule has 0 aromatic heterocycles. The molecule has 0 unspecified atom stereocenters. The molecule has 17 heavy (non-hydrogen) atoms. The third kappa shape index (κ3) is 6.06. The summed E-state index contributed by atoms with van der Waals surface area (Å²) >= 11 is 0. The lowest BCUT2D eigenvalue weighted by atomic mass is 9.85. The van der Waals surface area contributed by atoms with E-state index in [1.165, 1.54) is 32.1 Å². The Bertz CT molecular complexity index is 239. The molecule has 1 fully saturated rings. The summed E-state index contributed by atoms with van der Waals surface area (Å²) < 4.78 is 5.28. The number of carbonyl (C=O) groups excluding carboxylic acids is 1. The molecule has 100 valence electrons. The first-order chi connectivity index (χ1) is 7.88. The molecule has 1 atom stereocenters. The molecular formula is C14H27NO2. The van der Waals surface area contributed by atoms with Crippen molar-refractivity contribution in [3.05, 3.63) is 0 Å². The molecule has 0 aromatic carbocycles. The monoisotopic (exact) mass is 241 g/mol. The molecule has 0 radical (unpaired) electrons. The average molecular weight is 241 g/mol. The van der Waals surface area contributed by atoms with Crippen LogP contribution in [0.2, 0.25) is 0 Å². The summed E-state index contributed by atoms with van der Waals surface area (Å²) in [5, 5.41) is 0. The SMILES string of the molecule is CC(C)(C)OC(=O)[C@H](N)CCC1CCCCC1. The van der Waals surface area contributed by atoms with E-state index < -0.39 is 11.6 Å². The normalized spacial score (nSPS) is 20.0. The number of esters is 1. The van der Waals surface area contributed by atoms with E-state index in [0.29, 0.717) is 0 Å². The van der Waals surface area contributed by atoms with Gasteiger partial charge >= 0.3 is 5.97 Å². The molecule has 0 spiro atoms. The van der Waals surface area contributed by atoms with Gasteiger partial charge in [0.15, 0.2) is 0 Å². The molecule has 3 nitrogen and oxygen atoms in total. The molecule has 3 heteroatoms. The van der Waals surface area contributed by atoms with Gasteiger partial charge in [-0.3, -0.25) is 4.79 Å². The van der Waals surface area contributed by atoms with E-state index in [9.17, 15) is 4.79 Å². The lowest BCUT2D eigenvalue weighted by Gasteiger charge is -2.24. The summed E-state index contributed by atoms with van der Waals surface area (Å²) in [6.07, 6.45) is 8.50. The largest absolute Gasteiger partial charge is 0.459 e.